The van der Waals surface area contributed by atoms with Gasteiger partial charge in [0, 0.05) is 26.2 Å². The molecule has 0 N–H and O–H groups in total. The summed E-state index contributed by atoms with van der Waals surface area (Å²) in [7, 11) is 0. The second kappa shape index (κ2) is 6.83. The molecule has 1 aliphatic rings. The van der Waals surface area contributed by atoms with E-state index in [0.717, 1.165) is 25.4 Å². The van der Waals surface area contributed by atoms with Crippen molar-refractivity contribution < 1.29 is 14.1 Å². The van der Waals surface area contributed by atoms with Crippen molar-refractivity contribution >= 4 is 11.6 Å². The minimum Gasteiger partial charge on any atom is -0.468 e. The minimum atomic E-state index is -0.489. The van der Waals surface area contributed by atoms with E-state index in [2.05, 4.69) is 10.00 Å². The summed E-state index contributed by atoms with van der Waals surface area (Å²) in [5.41, 5.74) is 0.252. The molecule has 1 saturated heterocycles. The first kappa shape index (κ1) is 16.2. The van der Waals surface area contributed by atoms with Crippen LogP contribution in [0.1, 0.15) is 11.5 Å². The largest absolute Gasteiger partial charge is 0.468 e. The number of nitrogens with zero attached hydrogens (tertiary/aromatic N) is 5. The molecular formula is C15H19N5O4. The molecule has 1 amide bonds. The van der Waals surface area contributed by atoms with Crippen LogP contribution in [0.5, 0.6) is 0 Å². The predicted molar refractivity (Wildman–Crippen MR) is 84.2 cm³/mol. The van der Waals surface area contributed by atoms with Gasteiger partial charge in [-0.15, -0.1) is 0 Å². The number of hydrogen-bond donors (Lipinski definition) is 0. The average Bonchev–Trinajstić information content (AvgIpc) is 3.17. The maximum atomic E-state index is 12.3. The molecule has 128 valence electrons. The van der Waals surface area contributed by atoms with Gasteiger partial charge in [-0.3, -0.25) is 24.5 Å². The van der Waals surface area contributed by atoms with Gasteiger partial charge in [-0.1, -0.05) is 0 Å². The zero-order valence-corrected chi connectivity index (χ0v) is 13.4. The number of rotatable bonds is 5. The third-order valence-corrected chi connectivity index (χ3v) is 4.10. The Balaban J connectivity index is 1.52. The van der Waals surface area contributed by atoms with Gasteiger partial charge >= 0.3 is 5.69 Å². The molecule has 0 saturated carbocycles. The third kappa shape index (κ3) is 3.62. The molecule has 2 aromatic rings. The quantitative estimate of drug-likeness (QED) is 0.599. The van der Waals surface area contributed by atoms with Crippen molar-refractivity contribution in [2.24, 2.45) is 0 Å². The van der Waals surface area contributed by atoms with Gasteiger partial charge < -0.3 is 9.32 Å². The van der Waals surface area contributed by atoms with Crippen LogP contribution in [0.2, 0.25) is 0 Å². The second-order valence-electron chi connectivity index (χ2n) is 5.79. The first-order valence-electron chi connectivity index (χ1n) is 7.74. The van der Waals surface area contributed by atoms with Crippen molar-refractivity contribution in [3.05, 3.63) is 46.2 Å². The number of furan rings is 1. The molecule has 0 spiro atoms. The Kier molecular flexibility index (Phi) is 4.61. The fraction of sp³-hybridized carbons (Fsp3) is 0.467. The zero-order chi connectivity index (χ0) is 17.1. The third-order valence-electron chi connectivity index (χ3n) is 4.10. The van der Waals surface area contributed by atoms with Crippen molar-refractivity contribution in [3.8, 4) is 0 Å². The monoisotopic (exact) mass is 333 g/mol. The molecule has 2 aromatic heterocycles. The van der Waals surface area contributed by atoms with Gasteiger partial charge in [0.25, 0.3) is 0 Å². The molecule has 3 rings (SSSR count). The van der Waals surface area contributed by atoms with Crippen molar-refractivity contribution in [2.45, 2.75) is 20.0 Å². The van der Waals surface area contributed by atoms with E-state index in [1.807, 2.05) is 12.1 Å². The van der Waals surface area contributed by atoms with E-state index in [0.29, 0.717) is 18.8 Å². The Morgan fingerprint density at radius 2 is 2.12 bits per heavy atom. The molecule has 24 heavy (non-hydrogen) atoms. The molecular weight excluding hydrogens is 314 g/mol. The Morgan fingerprint density at radius 1 is 1.38 bits per heavy atom. The summed E-state index contributed by atoms with van der Waals surface area (Å²) in [5, 5.41) is 14.9. The molecule has 0 atom stereocenters. The minimum absolute atomic E-state index is 0.0207. The van der Waals surface area contributed by atoms with Gasteiger partial charge in [0.15, 0.2) is 0 Å². The predicted octanol–water partition coefficient (Wildman–Crippen LogP) is 1.04. The van der Waals surface area contributed by atoms with Gasteiger partial charge in [0.2, 0.25) is 5.91 Å². The summed E-state index contributed by atoms with van der Waals surface area (Å²) in [5.74, 6) is 0.833. The van der Waals surface area contributed by atoms with E-state index >= 15 is 0 Å². The average molecular weight is 333 g/mol. The number of amides is 1. The Labute approximate surface area is 138 Å². The number of hydrogen-bond acceptors (Lipinski definition) is 6. The Bertz CT molecular complexity index is 716. The van der Waals surface area contributed by atoms with Crippen LogP contribution in [0, 0.1) is 17.0 Å². The van der Waals surface area contributed by atoms with Crippen molar-refractivity contribution in [2.75, 3.05) is 26.2 Å². The highest BCUT2D eigenvalue weighted by Gasteiger charge is 2.23. The lowest BCUT2D eigenvalue weighted by Crippen LogP contribution is -2.49. The van der Waals surface area contributed by atoms with Gasteiger partial charge in [0.1, 0.15) is 24.2 Å². The van der Waals surface area contributed by atoms with E-state index in [9.17, 15) is 14.9 Å². The highest BCUT2D eigenvalue weighted by molar-refractivity contribution is 5.76. The summed E-state index contributed by atoms with van der Waals surface area (Å²) in [6.07, 6.45) is 2.96. The van der Waals surface area contributed by atoms with Crippen LogP contribution < -0.4 is 0 Å². The van der Waals surface area contributed by atoms with Crippen LogP contribution in [-0.2, 0) is 17.9 Å². The summed E-state index contributed by atoms with van der Waals surface area (Å²) >= 11 is 0. The van der Waals surface area contributed by atoms with Gasteiger partial charge in [-0.2, -0.15) is 5.10 Å². The first-order valence-corrected chi connectivity index (χ1v) is 7.74. The molecule has 0 aliphatic carbocycles. The number of aromatic nitrogens is 2. The lowest BCUT2D eigenvalue weighted by atomic mass is 10.3. The molecule has 9 nitrogen and oxygen atoms in total. The highest BCUT2D eigenvalue weighted by Crippen LogP contribution is 2.15. The van der Waals surface area contributed by atoms with Gasteiger partial charge in [0.05, 0.1) is 17.7 Å². The maximum Gasteiger partial charge on any atom is 0.309 e. The normalized spacial score (nSPS) is 15.6. The molecule has 0 unspecified atom stereocenters. The van der Waals surface area contributed by atoms with Crippen LogP contribution in [0.4, 0.5) is 5.69 Å². The van der Waals surface area contributed by atoms with Crippen molar-refractivity contribution in [3.63, 3.8) is 0 Å². The van der Waals surface area contributed by atoms with Crippen molar-refractivity contribution in [1.29, 1.82) is 0 Å². The molecule has 0 bridgehead atoms. The van der Waals surface area contributed by atoms with E-state index in [4.69, 9.17) is 4.42 Å². The van der Waals surface area contributed by atoms with Crippen LogP contribution in [0.3, 0.4) is 0 Å². The zero-order valence-electron chi connectivity index (χ0n) is 13.4. The van der Waals surface area contributed by atoms with Crippen LogP contribution >= 0.6 is 0 Å². The second-order valence-corrected chi connectivity index (χ2v) is 5.79. The molecule has 1 fully saturated rings. The van der Waals surface area contributed by atoms with E-state index in [1.165, 1.54) is 10.9 Å². The van der Waals surface area contributed by atoms with Gasteiger partial charge in [-0.05, 0) is 19.1 Å². The van der Waals surface area contributed by atoms with E-state index in [1.54, 1.807) is 18.1 Å². The first-order chi connectivity index (χ1) is 11.5. The molecule has 0 aromatic carbocycles. The Morgan fingerprint density at radius 3 is 2.71 bits per heavy atom. The summed E-state index contributed by atoms with van der Waals surface area (Å²) in [6.45, 7) is 5.11. The van der Waals surface area contributed by atoms with Gasteiger partial charge in [-0.25, -0.2) is 0 Å². The topological polar surface area (TPSA) is 97.7 Å². The van der Waals surface area contributed by atoms with Crippen LogP contribution in [-0.4, -0.2) is 56.6 Å². The molecule has 3 heterocycles. The van der Waals surface area contributed by atoms with Crippen LogP contribution in [0.15, 0.2) is 29.0 Å². The number of nitro groups is 1. The maximum absolute atomic E-state index is 12.3. The lowest BCUT2D eigenvalue weighted by Gasteiger charge is -2.34. The summed E-state index contributed by atoms with van der Waals surface area (Å²) < 4.78 is 6.67. The van der Waals surface area contributed by atoms with Crippen LogP contribution in [0.25, 0.3) is 0 Å². The number of carbonyl (C=O) groups excluding carboxylic acids is 1. The molecule has 9 heteroatoms. The SMILES string of the molecule is Cc1nn(CC(=O)N2CCN(Cc3ccco3)CC2)cc1[N+](=O)[O-]. The number of aryl methyl sites for hydroxylation is 1. The Hall–Kier alpha value is -2.68. The van der Waals surface area contributed by atoms with E-state index < -0.39 is 4.92 Å². The summed E-state index contributed by atoms with van der Waals surface area (Å²) in [4.78, 5) is 26.7. The fourth-order valence-electron chi connectivity index (χ4n) is 2.78. The number of piperazine rings is 1. The fourth-order valence-corrected chi connectivity index (χ4v) is 2.78. The number of carbonyl (C=O) groups is 1. The summed E-state index contributed by atoms with van der Waals surface area (Å²) in [6, 6.07) is 3.80. The highest BCUT2D eigenvalue weighted by atomic mass is 16.6. The lowest BCUT2D eigenvalue weighted by molar-refractivity contribution is -0.385. The van der Waals surface area contributed by atoms with Crippen molar-refractivity contribution in [1.82, 2.24) is 19.6 Å². The van der Waals surface area contributed by atoms with E-state index in [-0.39, 0.29) is 18.1 Å². The smallest absolute Gasteiger partial charge is 0.309 e. The standard InChI is InChI=1S/C15H19N5O4/c1-12-14(20(22)23)10-19(16-12)11-15(21)18-6-4-17(5-7-18)9-13-3-2-8-24-13/h2-3,8,10H,4-7,9,11H2,1H3. The molecule has 0 radical (unpaired) electrons. The molecule has 1 aliphatic heterocycles.